The highest BCUT2D eigenvalue weighted by atomic mass is 16.5. The van der Waals surface area contributed by atoms with Crippen LogP contribution in [0.15, 0.2) is 18.3 Å². The van der Waals surface area contributed by atoms with Crippen LogP contribution in [0.5, 0.6) is 0 Å². The van der Waals surface area contributed by atoms with Crippen molar-refractivity contribution in [3.8, 4) is 0 Å². The average molecular weight is 249 g/mol. The molecule has 0 aromatic carbocycles. The summed E-state index contributed by atoms with van der Waals surface area (Å²) in [5, 5.41) is 0. The molecule has 18 heavy (non-hydrogen) atoms. The van der Waals surface area contributed by atoms with Crippen LogP contribution in [-0.4, -0.2) is 42.7 Å². The number of pyridine rings is 1. The zero-order chi connectivity index (χ0) is 13.0. The van der Waals surface area contributed by atoms with Crippen molar-refractivity contribution >= 4 is 0 Å². The third-order valence-corrected chi connectivity index (χ3v) is 3.59. The summed E-state index contributed by atoms with van der Waals surface area (Å²) in [5.41, 5.74) is 8.13. The lowest BCUT2D eigenvalue weighted by molar-refractivity contribution is 0.0689. The lowest BCUT2D eigenvalue weighted by atomic mass is 10.1. The topological polar surface area (TPSA) is 51.4 Å². The quantitative estimate of drug-likeness (QED) is 0.859. The van der Waals surface area contributed by atoms with E-state index in [-0.39, 0.29) is 6.04 Å². The van der Waals surface area contributed by atoms with E-state index in [9.17, 15) is 0 Å². The van der Waals surface area contributed by atoms with E-state index < -0.39 is 0 Å². The van der Waals surface area contributed by atoms with Gasteiger partial charge in [-0.1, -0.05) is 6.07 Å². The van der Waals surface area contributed by atoms with Gasteiger partial charge in [-0.2, -0.15) is 0 Å². The Balaban J connectivity index is 2.00. The molecule has 0 amide bonds. The maximum atomic E-state index is 5.91. The second-order valence-corrected chi connectivity index (χ2v) is 5.06. The van der Waals surface area contributed by atoms with Gasteiger partial charge < -0.3 is 10.5 Å². The molecule has 0 spiro atoms. The number of hydrogen-bond acceptors (Lipinski definition) is 4. The van der Waals surface area contributed by atoms with Crippen LogP contribution >= 0.6 is 0 Å². The van der Waals surface area contributed by atoms with Gasteiger partial charge in [0.15, 0.2) is 0 Å². The third-order valence-electron chi connectivity index (χ3n) is 3.59. The first kappa shape index (κ1) is 13.5. The van der Waals surface area contributed by atoms with Crippen LogP contribution < -0.4 is 5.73 Å². The molecule has 4 heteroatoms. The van der Waals surface area contributed by atoms with Gasteiger partial charge in [0.05, 0.1) is 6.10 Å². The minimum Gasteiger partial charge on any atom is -0.377 e. The molecule has 2 N–H and O–H groups in total. The van der Waals surface area contributed by atoms with Gasteiger partial charge in [-0.15, -0.1) is 0 Å². The fourth-order valence-electron chi connectivity index (χ4n) is 2.48. The fourth-order valence-corrected chi connectivity index (χ4v) is 2.48. The highest BCUT2D eigenvalue weighted by Gasteiger charge is 2.22. The highest BCUT2D eigenvalue weighted by Crippen LogP contribution is 2.21. The summed E-state index contributed by atoms with van der Waals surface area (Å²) in [6.45, 7) is 4.44. The number of aromatic nitrogens is 1. The van der Waals surface area contributed by atoms with Crippen LogP contribution in [0.1, 0.15) is 30.1 Å². The highest BCUT2D eigenvalue weighted by molar-refractivity contribution is 5.17. The van der Waals surface area contributed by atoms with E-state index in [1.54, 1.807) is 0 Å². The number of ether oxygens (including phenoxy) is 1. The summed E-state index contributed by atoms with van der Waals surface area (Å²) in [4.78, 5) is 6.63. The van der Waals surface area contributed by atoms with E-state index in [4.69, 9.17) is 10.5 Å². The average Bonchev–Trinajstić information content (AvgIpc) is 2.85. The van der Waals surface area contributed by atoms with Crippen LogP contribution in [0.2, 0.25) is 0 Å². The van der Waals surface area contributed by atoms with Gasteiger partial charge in [0.2, 0.25) is 0 Å². The Hall–Kier alpha value is -0.970. The molecule has 2 heterocycles. The minimum atomic E-state index is 0.224. The third kappa shape index (κ3) is 3.28. The molecule has 0 bridgehead atoms. The Morgan fingerprint density at radius 3 is 2.94 bits per heavy atom. The van der Waals surface area contributed by atoms with E-state index in [1.165, 1.54) is 12.0 Å². The molecule has 4 nitrogen and oxygen atoms in total. The molecule has 100 valence electrons. The molecule has 2 atom stereocenters. The Morgan fingerprint density at radius 2 is 2.39 bits per heavy atom. The van der Waals surface area contributed by atoms with Crippen LogP contribution in [0.4, 0.5) is 0 Å². The Labute approximate surface area is 109 Å². The smallest absolute Gasteiger partial charge is 0.0702 e. The molecule has 1 saturated heterocycles. The maximum absolute atomic E-state index is 5.91. The van der Waals surface area contributed by atoms with Crippen LogP contribution in [0.3, 0.4) is 0 Å². The van der Waals surface area contributed by atoms with Crippen molar-refractivity contribution in [1.29, 1.82) is 0 Å². The second-order valence-electron chi connectivity index (χ2n) is 5.06. The van der Waals surface area contributed by atoms with E-state index >= 15 is 0 Å². The molecular formula is C14H23N3O. The Morgan fingerprint density at radius 1 is 1.56 bits per heavy atom. The van der Waals surface area contributed by atoms with Crippen molar-refractivity contribution in [2.45, 2.75) is 31.9 Å². The molecule has 1 fully saturated rings. The largest absolute Gasteiger partial charge is 0.377 e. The summed E-state index contributed by atoms with van der Waals surface area (Å²) >= 11 is 0. The predicted molar refractivity (Wildman–Crippen MR) is 72.4 cm³/mol. The number of nitrogens with zero attached hydrogens (tertiary/aromatic N) is 2. The zero-order valence-corrected chi connectivity index (χ0v) is 11.3. The molecule has 2 unspecified atom stereocenters. The van der Waals surface area contributed by atoms with Crippen molar-refractivity contribution in [3.05, 3.63) is 29.6 Å². The van der Waals surface area contributed by atoms with Crippen molar-refractivity contribution in [1.82, 2.24) is 9.88 Å². The number of hydrogen-bond donors (Lipinski definition) is 1. The van der Waals surface area contributed by atoms with E-state index in [0.717, 1.165) is 25.3 Å². The van der Waals surface area contributed by atoms with E-state index in [1.807, 2.05) is 19.2 Å². The van der Waals surface area contributed by atoms with Gasteiger partial charge in [0.1, 0.15) is 0 Å². The van der Waals surface area contributed by atoms with Crippen LogP contribution in [0, 0.1) is 6.92 Å². The van der Waals surface area contributed by atoms with Gasteiger partial charge >= 0.3 is 0 Å². The van der Waals surface area contributed by atoms with E-state index in [2.05, 4.69) is 23.0 Å². The van der Waals surface area contributed by atoms with E-state index in [0.29, 0.717) is 12.6 Å². The molecule has 1 aromatic rings. The Bertz CT molecular complexity index is 360. The summed E-state index contributed by atoms with van der Waals surface area (Å²) < 4.78 is 5.68. The molecule has 1 aromatic heterocycles. The second kappa shape index (κ2) is 6.27. The van der Waals surface area contributed by atoms with Crippen molar-refractivity contribution < 1.29 is 4.74 Å². The SMILES string of the molecule is Cc1ccc(C(CN)N(C)CC2CCCO2)cn1. The van der Waals surface area contributed by atoms with Gasteiger partial charge in [0.25, 0.3) is 0 Å². The summed E-state index contributed by atoms with van der Waals surface area (Å²) in [6.07, 6.45) is 4.63. The molecule has 1 aliphatic heterocycles. The monoisotopic (exact) mass is 249 g/mol. The number of rotatable bonds is 5. The Kier molecular flexibility index (Phi) is 4.69. The standard InChI is InChI=1S/C14H23N3O/c1-11-5-6-12(9-16-11)14(8-15)17(2)10-13-4-3-7-18-13/h5-6,9,13-14H,3-4,7-8,10,15H2,1-2H3. The molecule has 0 radical (unpaired) electrons. The normalized spacial score (nSPS) is 21.4. The van der Waals surface area contributed by atoms with Gasteiger partial charge in [-0.3, -0.25) is 9.88 Å². The lowest BCUT2D eigenvalue weighted by Gasteiger charge is -2.29. The molecule has 2 rings (SSSR count). The summed E-state index contributed by atoms with van der Waals surface area (Å²) in [7, 11) is 2.11. The minimum absolute atomic E-state index is 0.224. The van der Waals surface area contributed by atoms with Crippen molar-refractivity contribution in [2.75, 3.05) is 26.7 Å². The molecule has 1 aliphatic rings. The number of likely N-dealkylation sites (N-methyl/N-ethyl adjacent to an activating group) is 1. The molecule has 0 saturated carbocycles. The maximum Gasteiger partial charge on any atom is 0.0702 e. The zero-order valence-electron chi connectivity index (χ0n) is 11.3. The first-order valence-corrected chi connectivity index (χ1v) is 6.65. The first-order valence-electron chi connectivity index (χ1n) is 6.65. The van der Waals surface area contributed by atoms with Crippen LogP contribution in [-0.2, 0) is 4.74 Å². The number of nitrogens with two attached hydrogens (primary N) is 1. The lowest BCUT2D eigenvalue weighted by Crippen LogP contribution is -2.36. The summed E-state index contributed by atoms with van der Waals surface area (Å²) in [5.74, 6) is 0. The number of aryl methyl sites for hydroxylation is 1. The molecule has 0 aliphatic carbocycles. The van der Waals surface area contributed by atoms with Crippen molar-refractivity contribution in [2.24, 2.45) is 5.73 Å². The molecular weight excluding hydrogens is 226 g/mol. The van der Waals surface area contributed by atoms with Gasteiger partial charge in [-0.25, -0.2) is 0 Å². The van der Waals surface area contributed by atoms with Crippen LogP contribution in [0.25, 0.3) is 0 Å². The fraction of sp³-hybridized carbons (Fsp3) is 0.643. The summed E-state index contributed by atoms with van der Waals surface area (Å²) in [6, 6.07) is 4.38. The van der Waals surface area contributed by atoms with Gasteiger partial charge in [-0.05, 0) is 38.4 Å². The van der Waals surface area contributed by atoms with Gasteiger partial charge in [0, 0.05) is 37.6 Å². The van der Waals surface area contributed by atoms with Crippen molar-refractivity contribution in [3.63, 3.8) is 0 Å². The predicted octanol–water partition coefficient (Wildman–Crippen LogP) is 1.50. The first-order chi connectivity index (χ1) is 8.70.